The van der Waals surface area contributed by atoms with Gasteiger partial charge in [0.25, 0.3) is 15.9 Å². The maximum absolute atomic E-state index is 12.5. The fourth-order valence-electron chi connectivity index (χ4n) is 2.99. The first-order valence-electron chi connectivity index (χ1n) is 8.68. The Bertz CT molecular complexity index is 872. The minimum Gasteiger partial charge on any atom is -0.296 e. The first kappa shape index (κ1) is 18.9. The number of nitrogens with one attached hydrogen (secondary N) is 2. The molecule has 2 aromatic rings. The second-order valence-electron chi connectivity index (χ2n) is 6.51. The van der Waals surface area contributed by atoms with Crippen molar-refractivity contribution in [2.45, 2.75) is 55.8 Å². The molecule has 2 N–H and O–H groups in total. The number of aryl methyl sites for hydroxylation is 1. The van der Waals surface area contributed by atoms with E-state index in [9.17, 15) is 13.2 Å². The average molecular weight is 395 g/mol. The lowest BCUT2D eigenvalue weighted by Gasteiger charge is -2.14. The minimum absolute atomic E-state index is 0.0586. The molecule has 0 radical (unpaired) electrons. The van der Waals surface area contributed by atoms with Gasteiger partial charge in [-0.2, -0.15) is 0 Å². The molecule has 3 rings (SSSR count). The summed E-state index contributed by atoms with van der Waals surface area (Å²) in [5, 5.41) is 10.3. The van der Waals surface area contributed by atoms with Gasteiger partial charge in [-0.1, -0.05) is 54.7 Å². The summed E-state index contributed by atoms with van der Waals surface area (Å²) in [5.74, 6) is -0.342. The van der Waals surface area contributed by atoms with Crippen LogP contribution in [0.15, 0.2) is 28.6 Å². The van der Waals surface area contributed by atoms with Crippen molar-refractivity contribution >= 4 is 32.4 Å². The highest BCUT2D eigenvalue weighted by atomic mass is 32.2. The average Bonchev–Trinajstić information content (AvgIpc) is 2.93. The minimum atomic E-state index is -3.72. The summed E-state index contributed by atoms with van der Waals surface area (Å²) >= 11 is 0.856. The molecule has 1 aromatic heterocycles. The van der Waals surface area contributed by atoms with Crippen molar-refractivity contribution in [3.05, 3.63) is 35.4 Å². The predicted octanol–water partition coefficient (Wildman–Crippen LogP) is 3.10. The van der Waals surface area contributed by atoms with E-state index in [1.165, 1.54) is 0 Å². The molecule has 0 spiro atoms. The third-order valence-electron chi connectivity index (χ3n) is 4.31. The quantitative estimate of drug-likeness (QED) is 0.599. The predicted molar refractivity (Wildman–Crippen MR) is 101 cm³/mol. The van der Waals surface area contributed by atoms with E-state index in [1.54, 1.807) is 18.2 Å². The maximum atomic E-state index is 12.5. The zero-order chi connectivity index (χ0) is 18.6. The normalized spacial score (nSPS) is 16.2. The van der Waals surface area contributed by atoms with Gasteiger partial charge >= 0.3 is 0 Å². The number of benzene rings is 1. The molecule has 26 heavy (non-hydrogen) atoms. The van der Waals surface area contributed by atoms with E-state index in [2.05, 4.69) is 20.2 Å². The van der Waals surface area contributed by atoms with Gasteiger partial charge in [-0.3, -0.25) is 10.1 Å². The van der Waals surface area contributed by atoms with Crippen LogP contribution in [0.25, 0.3) is 0 Å². The van der Waals surface area contributed by atoms with Gasteiger partial charge in [0.05, 0.1) is 0 Å². The van der Waals surface area contributed by atoms with Crippen molar-refractivity contribution in [1.82, 2.24) is 14.9 Å². The van der Waals surface area contributed by atoms with Crippen LogP contribution in [0, 0.1) is 6.92 Å². The van der Waals surface area contributed by atoms with Gasteiger partial charge in [-0.25, -0.2) is 13.1 Å². The van der Waals surface area contributed by atoms with Gasteiger partial charge < -0.3 is 0 Å². The summed E-state index contributed by atoms with van der Waals surface area (Å²) in [6.45, 7) is 1.89. The van der Waals surface area contributed by atoms with E-state index in [4.69, 9.17) is 0 Å². The lowest BCUT2D eigenvalue weighted by atomic mass is 10.1. The molecule has 140 valence electrons. The molecule has 0 unspecified atom stereocenters. The van der Waals surface area contributed by atoms with Crippen molar-refractivity contribution in [1.29, 1.82) is 0 Å². The van der Waals surface area contributed by atoms with Crippen LogP contribution >= 0.6 is 11.3 Å². The Morgan fingerprint density at radius 2 is 1.88 bits per heavy atom. The van der Waals surface area contributed by atoms with Crippen LogP contribution in [-0.4, -0.2) is 30.6 Å². The molecule has 0 atom stereocenters. The number of carbonyl (C=O) groups excluding carboxylic acids is 1. The summed E-state index contributed by atoms with van der Waals surface area (Å²) in [5.41, 5.74) is 1.45. The molecule has 1 aromatic carbocycles. The van der Waals surface area contributed by atoms with Crippen molar-refractivity contribution in [3.8, 4) is 0 Å². The second kappa shape index (κ2) is 8.24. The molecule has 0 bridgehead atoms. The monoisotopic (exact) mass is 394 g/mol. The number of anilines is 1. The molecule has 0 aliphatic heterocycles. The lowest BCUT2D eigenvalue weighted by Crippen LogP contribution is -2.34. The first-order valence-corrected chi connectivity index (χ1v) is 11.0. The van der Waals surface area contributed by atoms with E-state index < -0.39 is 10.0 Å². The molecule has 1 aliphatic carbocycles. The molecule has 0 saturated heterocycles. The van der Waals surface area contributed by atoms with Crippen LogP contribution < -0.4 is 10.0 Å². The number of hydrogen-bond donors (Lipinski definition) is 2. The Hall–Kier alpha value is -1.84. The van der Waals surface area contributed by atoms with Crippen molar-refractivity contribution < 1.29 is 13.2 Å². The summed E-state index contributed by atoms with van der Waals surface area (Å²) < 4.78 is 27.6. The van der Waals surface area contributed by atoms with Crippen LogP contribution in [-0.2, 0) is 10.0 Å². The Morgan fingerprint density at radius 3 is 2.58 bits per heavy atom. The van der Waals surface area contributed by atoms with Crippen LogP contribution in [0.1, 0.15) is 54.4 Å². The molecule has 1 saturated carbocycles. The SMILES string of the molecule is Cc1cccc(C(=O)Nc2nnc(S(=O)(=O)NC3CCCCCC3)s2)c1. The third-order valence-corrected chi connectivity index (χ3v) is 7.04. The topological polar surface area (TPSA) is 101 Å². The summed E-state index contributed by atoms with van der Waals surface area (Å²) in [6, 6.07) is 7.07. The van der Waals surface area contributed by atoms with E-state index in [-0.39, 0.29) is 21.4 Å². The molecule has 1 amide bonds. The van der Waals surface area contributed by atoms with Gasteiger partial charge in [-0.05, 0) is 31.9 Å². The Balaban J connectivity index is 1.67. The van der Waals surface area contributed by atoms with Crippen LogP contribution in [0.4, 0.5) is 5.13 Å². The van der Waals surface area contributed by atoms with E-state index in [1.807, 2.05) is 13.0 Å². The van der Waals surface area contributed by atoms with Crippen LogP contribution in [0.5, 0.6) is 0 Å². The zero-order valence-corrected chi connectivity index (χ0v) is 16.2. The number of amides is 1. The van der Waals surface area contributed by atoms with E-state index >= 15 is 0 Å². The van der Waals surface area contributed by atoms with E-state index in [0.717, 1.165) is 55.4 Å². The molecule has 1 aliphatic rings. The molecular weight excluding hydrogens is 372 g/mol. The highest BCUT2D eigenvalue weighted by Gasteiger charge is 2.25. The second-order valence-corrected chi connectivity index (χ2v) is 9.37. The summed E-state index contributed by atoms with van der Waals surface area (Å²) in [6.07, 6.45) is 6.03. The summed E-state index contributed by atoms with van der Waals surface area (Å²) in [7, 11) is -3.72. The fourth-order valence-corrected chi connectivity index (χ4v) is 5.21. The fraction of sp³-hybridized carbons (Fsp3) is 0.471. The van der Waals surface area contributed by atoms with Gasteiger partial charge in [0.2, 0.25) is 9.47 Å². The number of hydrogen-bond acceptors (Lipinski definition) is 6. The number of sulfonamides is 1. The highest BCUT2D eigenvalue weighted by molar-refractivity contribution is 7.91. The van der Waals surface area contributed by atoms with Gasteiger partial charge in [0.1, 0.15) is 0 Å². The van der Waals surface area contributed by atoms with Gasteiger partial charge in [-0.15, -0.1) is 10.2 Å². The van der Waals surface area contributed by atoms with E-state index in [0.29, 0.717) is 5.56 Å². The third kappa shape index (κ3) is 4.87. The van der Waals surface area contributed by atoms with Crippen molar-refractivity contribution in [2.75, 3.05) is 5.32 Å². The largest absolute Gasteiger partial charge is 0.296 e. The number of nitrogens with zero attached hydrogens (tertiary/aromatic N) is 2. The molecule has 1 fully saturated rings. The summed E-state index contributed by atoms with van der Waals surface area (Å²) in [4.78, 5) is 12.2. The highest BCUT2D eigenvalue weighted by Crippen LogP contribution is 2.23. The smallest absolute Gasteiger partial charge is 0.270 e. The zero-order valence-electron chi connectivity index (χ0n) is 14.6. The van der Waals surface area contributed by atoms with Crippen LogP contribution in [0.3, 0.4) is 0 Å². The first-order chi connectivity index (χ1) is 12.4. The van der Waals surface area contributed by atoms with Crippen molar-refractivity contribution in [2.24, 2.45) is 0 Å². The Kier molecular flexibility index (Phi) is 6.00. The maximum Gasteiger partial charge on any atom is 0.270 e. The number of aromatic nitrogens is 2. The molecule has 9 heteroatoms. The van der Waals surface area contributed by atoms with Gasteiger partial charge in [0.15, 0.2) is 0 Å². The standard InChI is InChI=1S/C17H22N4O3S2/c1-12-7-6-8-13(11-12)15(22)18-16-19-20-17(25-16)26(23,24)21-14-9-4-2-3-5-10-14/h6-8,11,14,21H,2-5,9-10H2,1H3,(H,18,19,22). The van der Waals surface area contributed by atoms with Crippen molar-refractivity contribution in [3.63, 3.8) is 0 Å². The molecule has 1 heterocycles. The number of rotatable bonds is 5. The molecular formula is C17H22N4O3S2. The Labute approximate surface area is 157 Å². The lowest BCUT2D eigenvalue weighted by molar-refractivity contribution is 0.102. The molecule has 7 nitrogen and oxygen atoms in total. The Morgan fingerprint density at radius 1 is 1.15 bits per heavy atom. The number of carbonyl (C=O) groups is 1. The van der Waals surface area contributed by atoms with Crippen LogP contribution in [0.2, 0.25) is 0 Å². The van der Waals surface area contributed by atoms with Gasteiger partial charge in [0, 0.05) is 11.6 Å².